The van der Waals surface area contributed by atoms with Crippen LogP contribution in [-0.2, 0) is 22.4 Å². The average Bonchev–Trinajstić information content (AvgIpc) is 3.49. The molecule has 0 bridgehead atoms. The first-order valence-corrected chi connectivity index (χ1v) is 15.8. The van der Waals surface area contributed by atoms with Gasteiger partial charge in [-0.05, 0) is 47.7 Å². The van der Waals surface area contributed by atoms with Gasteiger partial charge in [-0.3, -0.25) is 14.4 Å². The minimum Gasteiger partial charge on any atom is -0.360 e. The Morgan fingerprint density at radius 2 is 1.49 bits per heavy atom. The summed E-state index contributed by atoms with van der Waals surface area (Å²) in [5.41, 5.74) is 4.53. The van der Waals surface area contributed by atoms with E-state index in [0.717, 1.165) is 64.0 Å². The summed E-state index contributed by atoms with van der Waals surface area (Å²) in [6, 6.07) is 28.8. The molecular formula is C38H40N4O3. The number of amides is 3. The van der Waals surface area contributed by atoms with Crippen LogP contribution in [0.2, 0.25) is 0 Å². The van der Waals surface area contributed by atoms with E-state index in [0.29, 0.717) is 12.0 Å². The molecule has 1 aliphatic rings. The third-order valence-electron chi connectivity index (χ3n) is 9.13. The van der Waals surface area contributed by atoms with Crippen molar-refractivity contribution in [1.82, 2.24) is 20.5 Å². The number of hydrogen-bond acceptors (Lipinski definition) is 3. The molecule has 4 aromatic carbocycles. The highest BCUT2D eigenvalue weighted by molar-refractivity contribution is 6.06. The number of aromatic amines is 1. The van der Waals surface area contributed by atoms with Gasteiger partial charge in [-0.1, -0.05) is 103 Å². The molecule has 1 aromatic heterocycles. The van der Waals surface area contributed by atoms with Gasteiger partial charge in [0, 0.05) is 42.7 Å². The van der Waals surface area contributed by atoms with Crippen molar-refractivity contribution in [1.29, 1.82) is 0 Å². The second-order valence-corrected chi connectivity index (χ2v) is 12.3. The Morgan fingerprint density at radius 3 is 2.27 bits per heavy atom. The predicted octanol–water partition coefficient (Wildman–Crippen LogP) is 6.10. The van der Waals surface area contributed by atoms with Gasteiger partial charge in [0.05, 0.1) is 12.0 Å². The van der Waals surface area contributed by atoms with Gasteiger partial charge in [-0.2, -0.15) is 0 Å². The van der Waals surface area contributed by atoms with Crippen molar-refractivity contribution in [2.45, 2.75) is 63.6 Å². The van der Waals surface area contributed by atoms with Crippen molar-refractivity contribution in [3.63, 3.8) is 0 Å². The smallest absolute Gasteiger partial charge is 0.253 e. The zero-order chi connectivity index (χ0) is 31.3. The first kappa shape index (κ1) is 30.1. The largest absolute Gasteiger partial charge is 0.360 e. The van der Waals surface area contributed by atoms with Gasteiger partial charge in [-0.25, -0.2) is 0 Å². The quantitative estimate of drug-likeness (QED) is 0.191. The fraction of sp³-hybridized carbons (Fsp3) is 0.289. The maximum Gasteiger partial charge on any atom is 0.253 e. The number of carbonyl (C=O) groups excluding carboxylic acids is 3. The van der Waals surface area contributed by atoms with E-state index in [4.69, 9.17) is 0 Å². The molecule has 1 saturated carbocycles. The van der Waals surface area contributed by atoms with Gasteiger partial charge >= 0.3 is 0 Å². The number of benzene rings is 4. The third-order valence-corrected chi connectivity index (χ3v) is 9.13. The van der Waals surface area contributed by atoms with Crippen LogP contribution in [0.1, 0.15) is 52.7 Å². The van der Waals surface area contributed by atoms with Crippen molar-refractivity contribution in [2.75, 3.05) is 7.05 Å². The number of aryl methyl sites for hydroxylation is 1. The summed E-state index contributed by atoms with van der Waals surface area (Å²) in [7, 11) is 1.72. The van der Waals surface area contributed by atoms with Crippen molar-refractivity contribution in [2.24, 2.45) is 0 Å². The third kappa shape index (κ3) is 6.93. The van der Waals surface area contributed by atoms with Crippen LogP contribution in [0.3, 0.4) is 0 Å². The molecule has 0 unspecified atom stereocenters. The van der Waals surface area contributed by atoms with E-state index in [2.05, 4.69) is 39.9 Å². The number of hydrogen-bond donors (Lipinski definition) is 3. The summed E-state index contributed by atoms with van der Waals surface area (Å²) < 4.78 is 0. The summed E-state index contributed by atoms with van der Waals surface area (Å²) in [4.78, 5) is 45.9. The second kappa shape index (κ2) is 13.4. The van der Waals surface area contributed by atoms with Crippen LogP contribution in [0.5, 0.6) is 0 Å². The number of para-hydroxylation sites is 1. The summed E-state index contributed by atoms with van der Waals surface area (Å²) in [6.07, 6.45) is 5.80. The van der Waals surface area contributed by atoms with E-state index in [1.807, 2.05) is 73.7 Å². The number of carbonyl (C=O) groups is 3. The fourth-order valence-corrected chi connectivity index (χ4v) is 6.43. The Hall–Kier alpha value is -4.91. The molecule has 3 N–H and O–H groups in total. The molecule has 0 radical (unpaired) electrons. The van der Waals surface area contributed by atoms with E-state index >= 15 is 0 Å². The zero-order valence-corrected chi connectivity index (χ0v) is 25.9. The molecule has 1 aliphatic carbocycles. The molecule has 3 amide bonds. The summed E-state index contributed by atoms with van der Waals surface area (Å²) in [5.74, 6) is -0.481. The summed E-state index contributed by atoms with van der Waals surface area (Å²) >= 11 is 0. The standard InChI is InChI=1S/C38H40N4O3/c1-25-15-17-26(18-16-25)23-36(43)42(2)35(22-27-19-20-28-9-3-4-10-29(28)21-27)38(45)41-34-14-8-7-13-33(34)40-37(44)31-24-39-32-12-6-5-11-30(31)32/h3-6,9-12,15-21,24,33-35,39H,7-8,13-14,22-23H2,1-2H3,(H,40,44)(H,41,45)/t33-,34+,35-/m1/s1. The molecule has 0 saturated heterocycles. The lowest BCUT2D eigenvalue weighted by atomic mass is 9.89. The van der Waals surface area contributed by atoms with Gasteiger partial charge in [0.25, 0.3) is 5.91 Å². The second-order valence-electron chi connectivity index (χ2n) is 12.3. The molecule has 7 heteroatoms. The molecule has 1 heterocycles. The Balaban J connectivity index is 1.21. The lowest BCUT2D eigenvalue weighted by Gasteiger charge is -2.35. The monoisotopic (exact) mass is 600 g/mol. The van der Waals surface area contributed by atoms with Crippen LogP contribution in [0.25, 0.3) is 21.7 Å². The van der Waals surface area contributed by atoms with Gasteiger partial charge in [0.2, 0.25) is 11.8 Å². The number of aromatic nitrogens is 1. The Kier molecular flexibility index (Phi) is 8.96. The molecule has 0 spiro atoms. The van der Waals surface area contributed by atoms with Crippen LogP contribution >= 0.6 is 0 Å². The van der Waals surface area contributed by atoms with Crippen molar-refractivity contribution in [3.8, 4) is 0 Å². The van der Waals surface area contributed by atoms with E-state index in [1.54, 1.807) is 18.1 Å². The van der Waals surface area contributed by atoms with Crippen LogP contribution in [0.15, 0.2) is 97.2 Å². The van der Waals surface area contributed by atoms with E-state index in [-0.39, 0.29) is 36.2 Å². The van der Waals surface area contributed by atoms with Crippen LogP contribution in [-0.4, -0.2) is 52.8 Å². The lowest BCUT2D eigenvalue weighted by Crippen LogP contribution is -2.57. The molecule has 0 aliphatic heterocycles. The molecule has 5 aromatic rings. The first-order chi connectivity index (χ1) is 21.9. The molecule has 3 atom stereocenters. The molecule has 45 heavy (non-hydrogen) atoms. The minimum atomic E-state index is -0.712. The number of rotatable bonds is 9. The number of likely N-dealkylation sites (N-methyl/N-ethyl adjacent to an activating group) is 1. The Labute approximate surface area is 264 Å². The average molecular weight is 601 g/mol. The number of fused-ring (bicyclic) bond motifs is 2. The minimum absolute atomic E-state index is 0.118. The summed E-state index contributed by atoms with van der Waals surface area (Å²) in [5, 5.41) is 9.57. The fourth-order valence-electron chi connectivity index (χ4n) is 6.43. The van der Waals surface area contributed by atoms with Crippen molar-refractivity contribution < 1.29 is 14.4 Å². The Bertz CT molecular complexity index is 1830. The molecule has 6 rings (SSSR count). The van der Waals surface area contributed by atoms with Crippen LogP contribution in [0, 0.1) is 6.92 Å². The van der Waals surface area contributed by atoms with Crippen LogP contribution < -0.4 is 10.6 Å². The maximum atomic E-state index is 14.1. The molecule has 230 valence electrons. The predicted molar refractivity (Wildman–Crippen MR) is 179 cm³/mol. The number of nitrogens with zero attached hydrogens (tertiary/aromatic N) is 1. The first-order valence-electron chi connectivity index (χ1n) is 15.8. The van der Waals surface area contributed by atoms with E-state index in [1.165, 1.54) is 0 Å². The lowest BCUT2D eigenvalue weighted by molar-refractivity contribution is -0.139. The van der Waals surface area contributed by atoms with Gasteiger partial charge in [0.1, 0.15) is 6.04 Å². The highest BCUT2D eigenvalue weighted by atomic mass is 16.2. The molecule has 1 fully saturated rings. The molecular weight excluding hydrogens is 560 g/mol. The maximum absolute atomic E-state index is 14.1. The molecule has 7 nitrogen and oxygen atoms in total. The normalized spacial score (nSPS) is 17.1. The SMILES string of the molecule is Cc1ccc(CC(=O)N(C)[C@H](Cc2ccc3ccccc3c2)C(=O)N[C@H]2CCCC[C@H]2NC(=O)c2c[nH]c3ccccc23)cc1. The van der Waals surface area contributed by atoms with E-state index in [9.17, 15) is 14.4 Å². The van der Waals surface area contributed by atoms with Gasteiger partial charge in [0.15, 0.2) is 0 Å². The highest BCUT2D eigenvalue weighted by Gasteiger charge is 2.33. The van der Waals surface area contributed by atoms with Gasteiger partial charge in [-0.15, -0.1) is 0 Å². The number of nitrogens with one attached hydrogen (secondary N) is 3. The van der Waals surface area contributed by atoms with Crippen molar-refractivity contribution >= 4 is 39.4 Å². The number of H-pyrrole nitrogens is 1. The Morgan fingerprint density at radius 1 is 0.822 bits per heavy atom. The highest BCUT2D eigenvalue weighted by Crippen LogP contribution is 2.23. The van der Waals surface area contributed by atoms with Gasteiger partial charge < -0.3 is 20.5 Å². The van der Waals surface area contributed by atoms with Crippen molar-refractivity contribution in [3.05, 3.63) is 119 Å². The van der Waals surface area contributed by atoms with E-state index < -0.39 is 6.04 Å². The topological polar surface area (TPSA) is 94.3 Å². The zero-order valence-electron chi connectivity index (χ0n) is 25.9. The van der Waals surface area contributed by atoms with Crippen LogP contribution in [0.4, 0.5) is 0 Å². The summed E-state index contributed by atoms with van der Waals surface area (Å²) in [6.45, 7) is 2.02.